The first kappa shape index (κ1) is 20.0. The van der Waals surface area contributed by atoms with E-state index in [1.807, 2.05) is 0 Å². The molecule has 0 unspecified atom stereocenters. The SMILES string of the molecule is CC(C)(C)[Si](C)(C)OCc1cc(F)ccc1Oc1ccc([N+](=O)[O-])nc1. The van der Waals surface area contributed by atoms with E-state index >= 15 is 0 Å². The van der Waals surface area contributed by atoms with E-state index in [-0.39, 0.29) is 23.3 Å². The summed E-state index contributed by atoms with van der Waals surface area (Å²) in [6.07, 6.45) is 1.26. The molecule has 0 saturated heterocycles. The minimum absolute atomic E-state index is 0.0314. The number of hydrogen-bond acceptors (Lipinski definition) is 5. The van der Waals surface area contributed by atoms with Gasteiger partial charge in [0.2, 0.25) is 0 Å². The van der Waals surface area contributed by atoms with Crippen LogP contribution in [0.2, 0.25) is 18.1 Å². The van der Waals surface area contributed by atoms with E-state index in [0.29, 0.717) is 17.1 Å². The summed E-state index contributed by atoms with van der Waals surface area (Å²) in [5.41, 5.74) is 0.577. The zero-order valence-corrected chi connectivity index (χ0v) is 16.6. The quantitative estimate of drug-likeness (QED) is 0.380. The van der Waals surface area contributed by atoms with E-state index in [1.165, 1.54) is 36.5 Å². The molecular formula is C18H23FN2O4Si. The second-order valence-electron chi connectivity index (χ2n) is 7.51. The standard InChI is InChI=1S/C18H23FN2O4Si/c1-18(2,3)26(4,5)24-12-13-10-14(19)6-8-16(13)25-15-7-9-17(20-11-15)21(22)23/h6-11H,12H2,1-5H3. The second kappa shape index (κ2) is 7.51. The van der Waals surface area contributed by atoms with Gasteiger partial charge < -0.3 is 19.3 Å². The lowest BCUT2D eigenvalue weighted by molar-refractivity contribution is -0.389. The van der Waals surface area contributed by atoms with Crippen molar-refractivity contribution in [3.8, 4) is 11.5 Å². The number of nitro groups is 1. The van der Waals surface area contributed by atoms with Crippen LogP contribution in [0.5, 0.6) is 11.5 Å². The van der Waals surface area contributed by atoms with Gasteiger partial charge in [0.1, 0.15) is 11.6 Å². The molecule has 6 nitrogen and oxygen atoms in total. The van der Waals surface area contributed by atoms with Gasteiger partial charge in [-0.2, -0.15) is 0 Å². The summed E-state index contributed by atoms with van der Waals surface area (Å²) in [5.74, 6) is 0.113. The fourth-order valence-corrected chi connectivity index (χ4v) is 2.85. The molecule has 140 valence electrons. The first-order valence-electron chi connectivity index (χ1n) is 8.20. The maximum absolute atomic E-state index is 13.7. The van der Waals surface area contributed by atoms with Crippen LogP contribution in [0, 0.1) is 15.9 Å². The van der Waals surface area contributed by atoms with Crippen molar-refractivity contribution in [3.05, 3.63) is 58.0 Å². The van der Waals surface area contributed by atoms with E-state index in [0.717, 1.165) is 0 Å². The first-order chi connectivity index (χ1) is 12.0. The number of benzene rings is 1. The maximum atomic E-state index is 13.7. The third-order valence-electron chi connectivity index (χ3n) is 4.55. The maximum Gasteiger partial charge on any atom is 0.363 e. The van der Waals surface area contributed by atoms with Crippen molar-refractivity contribution in [2.24, 2.45) is 0 Å². The Kier molecular flexibility index (Phi) is 5.77. The highest BCUT2D eigenvalue weighted by Crippen LogP contribution is 2.38. The molecular weight excluding hydrogens is 355 g/mol. The van der Waals surface area contributed by atoms with Gasteiger partial charge in [-0.05, 0) is 52.3 Å². The molecule has 0 aliphatic rings. The average molecular weight is 378 g/mol. The molecule has 0 bridgehead atoms. The Morgan fingerprint density at radius 2 is 1.92 bits per heavy atom. The van der Waals surface area contributed by atoms with Crippen LogP contribution in [0.3, 0.4) is 0 Å². The summed E-state index contributed by atoms with van der Waals surface area (Å²) in [7, 11) is -2.01. The van der Waals surface area contributed by atoms with Gasteiger partial charge in [-0.1, -0.05) is 20.8 Å². The van der Waals surface area contributed by atoms with Crippen LogP contribution >= 0.6 is 0 Å². The fourth-order valence-electron chi connectivity index (χ4n) is 1.90. The number of hydrogen-bond donors (Lipinski definition) is 0. The molecule has 1 aromatic carbocycles. The predicted molar refractivity (Wildman–Crippen MR) is 99.4 cm³/mol. The summed E-state index contributed by atoms with van der Waals surface area (Å²) < 4.78 is 25.6. The Balaban J connectivity index is 2.20. The highest BCUT2D eigenvalue weighted by molar-refractivity contribution is 6.74. The molecule has 0 radical (unpaired) electrons. The van der Waals surface area contributed by atoms with Crippen LogP contribution in [0.25, 0.3) is 0 Å². The molecule has 0 fully saturated rings. The summed E-state index contributed by atoms with van der Waals surface area (Å²) in [6.45, 7) is 10.9. The van der Waals surface area contributed by atoms with Crippen molar-refractivity contribution in [1.82, 2.24) is 4.98 Å². The van der Waals surface area contributed by atoms with E-state index in [1.54, 1.807) is 0 Å². The molecule has 0 saturated carbocycles. The van der Waals surface area contributed by atoms with E-state index in [4.69, 9.17) is 9.16 Å². The van der Waals surface area contributed by atoms with E-state index in [2.05, 4.69) is 38.8 Å². The van der Waals surface area contributed by atoms with Crippen LogP contribution in [-0.2, 0) is 11.0 Å². The molecule has 0 spiro atoms. The van der Waals surface area contributed by atoms with Crippen molar-refractivity contribution < 1.29 is 18.5 Å². The molecule has 0 atom stereocenters. The molecule has 26 heavy (non-hydrogen) atoms. The van der Waals surface area contributed by atoms with Gasteiger partial charge in [-0.3, -0.25) is 0 Å². The van der Waals surface area contributed by atoms with Crippen LogP contribution < -0.4 is 4.74 Å². The normalized spacial score (nSPS) is 12.1. The van der Waals surface area contributed by atoms with Gasteiger partial charge in [-0.15, -0.1) is 0 Å². The first-order valence-corrected chi connectivity index (χ1v) is 11.1. The lowest BCUT2D eigenvalue weighted by Gasteiger charge is -2.36. The zero-order chi connectivity index (χ0) is 19.5. The Bertz CT molecular complexity index is 789. The van der Waals surface area contributed by atoms with Gasteiger partial charge in [0.15, 0.2) is 20.3 Å². The molecule has 0 N–H and O–H groups in total. The Morgan fingerprint density at radius 1 is 1.23 bits per heavy atom. The molecule has 2 rings (SSSR count). The van der Waals surface area contributed by atoms with Crippen molar-refractivity contribution in [1.29, 1.82) is 0 Å². The Hall–Kier alpha value is -2.32. The van der Waals surface area contributed by atoms with Crippen LogP contribution in [0.4, 0.5) is 10.2 Å². The van der Waals surface area contributed by atoms with Crippen molar-refractivity contribution >= 4 is 14.1 Å². The van der Waals surface area contributed by atoms with Gasteiger partial charge in [0, 0.05) is 11.6 Å². The number of pyridine rings is 1. The largest absolute Gasteiger partial charge is 0.453 e. The van der Waals surface area contributed by atoms with Gasteiger partial charge in [-0.25, -0.2) is 4.39 Å². The monoisotopic (exact) mass is 378 g/mol. The predicted octanol–water partition coefficient (Wildman–Crippen LogP) is 5.44. The molecule has 2 aromatic rings. The number of halogens is 1. The van der Waals surface area contributed by atoms with Crippen molar-refractivity contribution in [2.75, 3.05) is 0 Å². The van der Waals surface area contributed by atoms with Gasteiger partial charge >= 0.3 is 5.82 Å². The molecule has 0 amide bonds. The zero-order valence-electron chi connectivity index (χ0n) is 15.6. The molecule has 8 heteroatoms. The minimum Gasteiger partial charge on any atom is -0.453 e. The third-order valence-corrected chi connectivity index (χ3v) is 9.03. The highest BCUT2D eigenvalue weighted by atomic mass is 28.4. The summed E-state index contributed by atoms with van der Waals surface area (Å²) in [5, 5.41) is 10.7. The molecule has 0 aliphatic carbocycles. The van der Waals surface area contributed by atoms with Gasteiger partial charge in [0.25, 0.3) is 0 Å². The number of nitrogens with zero attached hydrogens (tertiary/aromatic N) is 2. The second-order valence-corrected chi connectivity index (χ2v) is 12.3. The highest BCUT2D eigenvalue weighted by Gasteiger charge is 2.37. The number of rotatable bonds is 6. The van der Waals surface area contributed by atoms with Crippen LogP contribution in [0.1, 0.15) is 26.3 Å². The number of aromatic nitrogens is 1. The fraction of sp³-hybridized carbons (Fsp3) is 0.389. The molecule has 1 heterocycles. The number of ether oxygens (including phenoxy) is 1. The van der Waals surface area contributed by atoms with E-state index in [9.17, 15) is 14.5 Å². The van der Waals surface area contributed by atoms with E-state index < -0.39 is 13.2 Å². The van der Waals surface area contributed by atoms with Crippen LogP contribution in [-0.4, -0.2) is 18.2 Å². The minimum atomic E-state index is -2.01. The van der Waals surface area contributed by atoms with Crippen LogP contribution in [0.15, 0.2) is 36.5 Å². The lowest BCUT2D eigenvalue weighted by Crippen LogP contribution is -2.40. The topological polar surface area (TPSA) is 74.5 Å². The average Bonchev–Trinajstić information content (AvgIpc) is 2.54. The molecule has 0 aliphatic heterocycles. The Morgan fingerprint density at radius 3 is 2.46 bits per heavy atom. The summed E-state index contributed by atoms with van der Waals surface area (Å²) in [6, 6.07) is 6.89. The van der Waals surface area contributed by atoms with Gasteiger partial charge in [0.05, 0.1) is 6.61 Å². The summed E-state index contributed by atoms with van der Waals surface area (Å²) in [4.78, 5) is 13.8. The van der Waals surface area contributed by atoms with Crippen molar-refractivity contribution in [3.63, 3.8) is 0 Å². The lowest BCUT2D eigenvalue weighted by atomic mass is 10.2. The Labute approximate surface area is 153 Å². The third kappa shape index (κ3) is 4.86. The van der Waals surface area contributed by atoms with Crippen molar-refractivity contribution in [2.45, 2.75) is 45.5 Å². The summed E-state index contributed by atoms with van der Waals surface area (Å²) >= 11 is 0. The smallest absolute Gasteiger partial charge is 0.363 e. The molecule has 1 aromatic heterocycles.